The average molecular weight is 465 g/mol. The summed E-state index contributed by atoms with van der Waals surface area (Å²) in [5, 5.41) is 20.9. The van der Waals surface area contributed by atoms with Crippen LogP contribution in [0.25, 0.3) is 0 Å². The van der Waals surface area contributed by atoms with E-state index >= 15 is 0 Å². The van der Waals surface area contributed by atoms with Crippen molar-refractivity contribution in [1.82, 2.24) is 4.90 Å². The van der Waals surface area contributed by atoms with Gasteiger partial charge in [0.2, 0.25) is 0 Å². The maximum atomic E-state index is 13.6. The van der Waals surface area contributed by atoms with Crippen molar-refractivity contribution >= 4 is 5.91 Å². The molecule has 0 aliphatic heterocycles. The van der Waals surface area contributed by atoms with Gasteiger partial charge in [-0.05, 0) is 80.8 Å². The van der Waals surface area contributed by atoms with E-state index in [1.54, 1.807) is 17.0 Å². The summed E-state index contributed by atoms with van der Waals surface area (Å²) in [4.78, 5) is 15.1. The maximum absolute atomic E-state index is 13.6. The number of nitrogens with zero attached hydrogens (tertiary/aromatic N) is 1. The molecule has 8 heteroatoms. The molecule has 2 aromatic rings. The van der Waals surface area contributed by atoms with Crippen LogP contribution in [-0.2, 0) is 11.2 Å². The van der Waals surface area contributed by atoms with Gasteiger partial charge < -0.3 is 15.1 Å². The number of alkyl halides is 3. The van der Waals surface area contributed by atoms with Crippen LogP contribution in [0.2, 0.25) is 0 Å². The minimum Gasteiger partial charge on any atom is -0.385 e. The smallest absolute Gasteiger partial charge is 0.385 e. The van der Waals surface area contributed by atoms with Crippen LogP contribution < -0.4 is 0 Å². The van der Waals surface area contributed by atoms with Crippen LogP contribution >= 0.6 is 0 Å². The third kappa shape index (κ3) is 4.64. The Morgan fingerprint density at radius 3 is 2.09 bits per heavy atom. The zero-order chi connectivity index (χ0) is 24.0. The van der Waals surface area contributed by atoms with E-state index in [2.05, 4.69) is 0 Å². The molecule has 2 aromatic carbocycles. The molecule has 0 heterocycles. The van der Waals surface area contributed by atoms with Gasteiger partial charge in [0.1, 0.15) is 5.82 Å². The minimum absolute atomic E-state index is 0.0702. The fourth-order valence-corrected chi connectivity index (χ4v) is 4.66. The van der Waals surface area contributed by atoms with Gasteiger partial charge in [0.05, 0.1) is 5.60 Å². The van der Waals surface area contributed by atoms with E-state index < -0.39 is 23.2 Å². The number of carbonyl (C=O) groups is 1. The monoisotopic (exact) mass is 465 g/mol. The van der Waals surface area contributed by atoms with Gasteiger partial charge >= 0.3 is 6.18 Å². The fourth-order valence-electron chi connectivity index (χ4n) is 4.66. The molecule has 33 heavy (non-hydrogen) atoms. The van der Waals surface area contributed by atoms with Gasteiger partial charge in [-0.3, -0.25) is 4.79 Å². The van der Waals surface area contributed by atoms with Crippen molar-refractivity contribution in [1.29, 1.82) is 0 Å². The highest BCUT2D eigenvalue weighted by Gasteiger charge is 2.51. The lowest BCUT2D eigenvalue weighted by atomic mass is 9.77. The molecule has 0 radical (unpaired) electrons. The maximum Gasteiger partial charge on any atom is 0.421 e. The Morgan fingerprint density at radius 2 is 1.58 bits per heavy atom. The molecule has 0 unspecified atom stereocenters. The van der Waals surface area contributed by atoms with E-state index in [0.29, 0.717) is 38.2 Å². The minimum atomic E-state index is -4.83. The second kappa shape index (κ2) is 8.40. The molecule has 0 saturated heterocycles. The van der Waals surface area contributed by atoms with Gasteiger partial charge in [-0.25, -0.2) is 4.39 Å². The second-order valence-corrected chi connectivity index (χ2v) is 9.36. The zero-order valence-electron chi connectivity index (χ0n) is 18.3. The molecule has 2 fully saturated rings. The molecular weight excluding hydrogens is 438 g/mol. The summed E-state index contributed by atoms with van der Waals surface area (Å²) in [7, 11) is 0. The number of carbonyl (C=O) groups excluding carboxylic acids is 1. The molecular formula is C25H27F4NO3. The molecule has 2 aliphatic rings. The molecule has 4 rings (SSSR count). The third-order valence-corrected chi connectivity index (χ3v) is 6.96. The number of hydrogen-bond acceptors (Lipinski definition) is 3. The van der Waals surface area contributed by atoms with Crippen LogP contribution in [0.15, 0.2) is 48.5 Å². The molecule has 1 atom stereocenters. The van der Waals surface area contributed by atoms with Gasteiger partial charge in [0.15, 0.2) is 5.60 Å². The summed E-state index contributed by atoms with van der Waals surface area (Å²) >= 11 is 0. The topological polar surface area (TPSA) is 60.8 Å². The quantitative estimate of drug-likeness (QED) is 0.609. The SMILES string of the molecule is C[C@](O)(c1ccc(C(=O)N(C2CC2)C2CCC(O)(c3cccc(F)c3)CC2)cc1)C(F)(F)F. The number of hydrogen-bond donors (Lipinski definition) is 2. The van der Waals surface area contributed by atoms with Gasteiger partial charge in [-0.15, -0.1) is 0 Å². The average Bonchev–Trinajstić information content (AvgIpc) is 3.60. The van der Waals surface area contributed by atoms with Crippen LogP contribution in [0.4, 0.5) is 17.6 Å². The summed E-state index contributed by atoms with van der Waals surface area (Å²) in [5.74, 6) is -0.678. The Morgan fingerprint density at radius 1 is 1.00 bits per heavy atom. The zero-order valence-corrected chi connectivity index (χ0v) is 18.3. The van der Waals surface area contributed by atoms with Crippen molar-refractivity contribution in [3.8, 4) is 0 Å². The summed E-state index contributed by atoms with van der Waals surface area (Å²) in [5.41, 5.74) is -3.70. The van der Waals surface area contributed by atoms with Crippen molar-refractivity contribution in [3.05, 3.63) is 71.0 Å². The predicted molar refractivity (Wildman–Crippen MR) is 114 cm³/mol. The lowest BCUT2D eigenvalue weighted by Gasteiger charge is -2.41. The van der Waals surface area contributed by atoms with Crippen LogP contribution in [0.1, 0.15) is 66.9 Å². The first kappa shape index (κ1) is 23.7. The van der Waals surface area contributed by atoms with Crippen molar-refractivity contribution in [3.63, 3.8) is 0 Å². The molecule has 178 valence electrons. The molecule has 4 nitrogen and oxygen atoms in total. The van der Waals surface area contributed by atoms with E-state index in [9.17, 15) is 32.6 Å². The van der Waals surface area contributed by atoms with E-state index in [0.717, 1.165) is 25.0 Å². The van der Waals surface area contributed by atoms with Crippen molar-refractivity contribution in [2.75, 3.05) is 0 Å². The lowest BCUT2D eigenvalue weighted by molar-refractivity contribution is -0.258. The number of aliphatic hydroxyl groups is 2. The van der Waals surface area contributed by atoms with Crippen molar-refractivity contribution in [2.24, 2.45) is 0 Å². The highest BCUT2D eigenvalue weighted by atomic mass is 19.4. The molecule has 2 aliphatic carbocycles. The van der Waals surface area contributed by atoms with E-state index in [1.165, 1.54) is 24.3 Å². The Hall–Kier alpha value is -2.45. The van der Waals surface area contributed by atoms with E-state index in [1.807, 2.05) is 0 Å². The molecule has 0 spiro atoms. The summed E-state index contributed by atoms with van der Waals surface area (Å²) in [6.07, 6.45) is -1.28. The lowest BCUT2D eigenvalue weighted by Crippen LogP contribution is -2.46. The van der Waals surface area contributed by atoms with Crippen LogP contribution in [0.5, 0.6) is 0 Å². The summed E-state index contributed by atoms with van der Waals surface area (Å²) < 4.78 is 52.9. The van der Waals surface area contributed by atoms with Gasteiger partial charge in [-0.1, -0.05) is 24.3 Å². The van der Waals surface area contributed by atoms with Crippen molar-refractivity contribution < 1.29 is 32.6 Å². The normalized spacial score (nSPS) is 25.4. The Kier molecular flexibility index (Phi) is 6.03. The fraction of sp³-hybridized carbons (Fsp3) is 0.480. The van der Waals surface area contributed by atoms with Crippen LogP contribution in [0, 0.1) is 5.82 Å². The highest BCUT2D eigenvalue weighted by molar-refractivity contribution is 5.95. The summed E-state index contributed by atoms with van der Waals surface area (Å²) in [6.45, 7) is 0.683. The molecule has 0 aromatic heterocycles. The first-order chi connectivity index (χ1) is 15.4. The first-order valence-corrected chi connectivity index (χ1v) is 11.1. The van der Waals surface area contributed by atoms with Gasteiger partial charge in [-0.2, -0.15) is 13.2 Å². The number of halogens is 4. The van der Waals surface area contributed by atoms with Crippen LogP contribution in [0.3, 0.4) is 0 Å². The van der Waals surface area contributed by atoms with Crippen LogP contribution in [-0.4, -0.2) is 39.3 Å². The largest absolute Gasteiger partial charge is 0.421 e. The predicted octanol–water partition coefficient (Wildman–Crippen LogP) is 5.03. The molecule has 0 bridgehead atoms. The second-order valence-electron chi connectivity index (χ2n) is 9.36. The Labute approximate surface area is 189 Å². The van der Waals surface area contributed by atoms with Crippen molar-refractivity contribution in [2.45, 2.75) is 74.9 Å². The third-order valence-electron chi connectivity index (χ3n) is 6.96. The number of rotatable bonds is 5. The summed E-state index contributed by atoms with van der Waals surface area (Å²) in [6, 6.07) is 10.8. The van der Waals surface area contributed by atoms with Gasteiger partial charge in [0.25, 0.3) is 5.91 Å². The highest BCUT2D eigenvalue weighted by Crippen LogP contribution is 2.42. The standard InChI is InChI=1S/C25H27F4NO3/c1-23(32,25(27,28)29)17-7-5-16(6-8-17)22(31)30(20-9-10-20)21-11-13-24(33,14-12-21)18-3-2-4-19(26)15-18/h2-8,15,20-21,32-33H,9-14H2,1H3/t21?,23-,24?/m0/s1. The van der Waals surface area contributed by atoms with E-state index in [-0.39, 0.29) is 29.1 Å². The Balaban J connectivity index is 1.49. The first-order valence-electron chi connectivity index (χ1n) is 11.1. The molecule has 1 amide bonds. The molecule has 2 N–H and O–H groups in total. The number of benzene rings is 2. The van der Waals surface area contributed by atoms with Gasteiger partial charge in [0, 0.05) is 17.6 Å². The molecule has 2 saturated carbocycles. The number of amides is 1. The van der Waals surface area contributed by atoms with E-state index in [4.69, 9.17) is 0 Å². The Bertz CT molecular complexity index is 1010.